The van der Waals surface area contributed by atoms with E-state index in [2.05, 4.69) is 4.90 Å². The van der Waals surface area contributed by atoms with Gasteiger partial charge in [0.1, 0.15) is 17.4 Å². The number of rotatable bonds is 2. The minimum absolute atomic E-state index is 0.184. The monoisotopic (exact) mass is 474 g/mol. The lowest BCUT2D eigenvalue weighted by molar-refractivity contribution is -0.301. The number of aliphatic hydroxyl groups is 3. The zero-order chi connectivity index (χ0) is 24.3. The number of nitrogens with zero attached hydrogens (tertiary/aromatic N) is 2. The lowest BCUT2D eigenvalue weighted by Gasteiger charge is -2.74. The van der Waals surface area contributed by atoms with Gasteiger partial charge in [0.05, 0.1) is 33.1 Å². The topological polar surface area (TPSA) is 129 Å². The minimum atomic E-state index is -2.49. The first-order valence-corrected chi connectivity index (χ1v) is 11.7. The molecular formula is C24H30N2O8. The normalized spacial score (nSPS) is 43.7. The van der Waals surface area contributed by atoms with Crippen molar-refractivity contribution in [2.45, 2.75) is 60.5 Å². The minimum Gasteiger partial charge on any atom is -0.497 e. The van der Waals surface area contributed by atoms with Gasteiger partial charge in [-0.1, -0.05) is 0 Å². The van der Waals surface area contributed by atoms with E-state index in [-0.39, 0.29) is 6.42 Å². The molecule has 3 saturated carbocycles. The van der Waals surface area contributed by atoms with E-state index in [1.54, 1.807) is 19.2 Å². The second kappa shape index (κ2) is 6.63. The molecule has 1 aromatic carbocycles. The summed E-state index contributed by atoms with van der Waals surface area (Å²) in [7, 11) is 3.96. The molecule has 3 aliphatic heterocycles. The summed E-state index contributed by atoms with van der Waals surface area (Å²) in [5.41, 5.74) is -4.96. The van der Waals surface area contributed by atoms with Crippen LogP contribution < -0.4 is 9.64 Å². The Bertz CT molecular complexity index is 1100. The van der Waals surface area contributed by atoms with E-state index in [9.17, 15) is 24.9 Å². The SMILES string of the molecule is COC(=O)N1c2ccc(OC)cc2[C@@]23CCN4CC[C@@H](O)[C@]5(CC[C@]12[C@](O)(C(=O)OC)[C@H]5O)[C@H]43. The molecule has 2 saturated heterocycles. The molecule has 3 N–H and O–H groups in total. The molecule has 0 unspecified atom stereocenters. The van der Waals surface area contributed by atoms with E-state index in [0.717, 1.165) is 12.7 Å². The van der Waals surface area contributed by atoms with Crippen LogP contribution in [0.5, 0.6) is 5.75 Å². The molecule has 2 bridgehead atoms. The largest absolute Gasteiger partial charge is 0.497 e. The number of benzene rings is 1. The van der Waals surface area contributed by atoms with Gasteiger partial charge >= 0.3 is 12.1 Å². The number of carbonyl (C=O) groups is 2. The summed E-state index contributed by atoms with van der Waals surface area (Å²) < 4.78 is 15.8. The summed E-state index contributed by atoms with van der Waals surface area (Å²) in [5, 5.41) is 35.7. The molecule has 3 heterocycles. The summed E-state index contributed by atoms with van der Waals surface area (Å²) in [5.74, 6) is -0.454. The fraction of sp³-hybridized carbons (Fsp3) is 0.667. The van der Waals surface area contributed by atoms with Gasteiger partial charge in [-0.15, -0.1) is 0 Å². The number of amides is 1. The number of anilines is 1. The van der Waals surface area contributed by atoms with E-state index in [1.807, 2.05) is 6.07 Å². The number of piperidine rings is 1. The Labute approximate surface area is 197 Å². The number of fused-ring (bicyclic) bond motifs is 3. The zero-order valence-corrected chi connectivity index (χ0v) is 19.5. The highest BCUT2D eigenvalue weighted by Crippen LogP contribution is 2.77. The van der Waals surface area contributed by atoms with Gasteiger partial charge in [-0.05, 0) is 56.0 Å². The van der Waals surface area contributed by atoms with Crippen LogP contribution in [0.15, 0.2) is 18.2 Å². The Morgan fingerprint density at radius 2 is 1.82 bits per heavy atom. The highest BCUT2D eigenvalue weighted by molar-refractivity contribution is 5.99. The maximum absolute atomic E-state index is 13.5. The second-order valence-electron chi connectivity index (χ2n) is 10.3. The Morgan fingerprint density at radius 1 is 1.06 bits per heavy atom. The van der Waals surface area contributed by atoms with E-state index in [1.165, 1.54) is 12.0 Å². The third-order valence-electron chi connectivity index (χ3n) is 9.80. The van der Waals surface area contributed by atoms with E-state index in [0.29, 0.717) is 43.8 Å². The van der Waals surface area contributed by atoms with Gasteiger partial charge in [-0.25, -0.2) is 9.59 Å². The van der Waals surface area contributed by atoms with Crippen LogP contribution in [0.1, 0.15) is 31.2 Å². The summed E-state index contributed by atoms with van der Waals surface area (Å²) >= 11 is 0. The molecule has 1 aromatic rings. The summed E-state index contributed by atoms with van der Waals surface area (Å²) in [6.45, 7) is 1.25. The van der Waals surface area contributed by atoms with Crippen LogP contribution in [0.4, 0.5) is 10.5 Å². The van der Waals surface area contributed by atoms with Crippen LogP contribution in [0.2, 0.25) is 0 Å². The highest BCUT2D eigenvalue weighted by Gasteiger charge is 2.91. The van der Waals surface area contributed by atoms with Gasteiger partial charge < -0.3 is 29.5 Å². The van der Waals surface area contributed by atoms with Crippen molar-refractivity contribution in [3.8, 4) is 5.75 Å². The second-order valence-corrected chi connectivity index (χ2v) is 10.3. The number of carbonyl (C=O) groups excluding carboxylic acids is 2. The maximum Gasteiger partial charge on any atom is 0.414 e. The number of hydrogen-bond donors (Lipinski definition) is 3. The zero-order valence-electron chi connectivity index (χ0n) is 19.5. The van der Waals surface area contributed by atoms with Crippen molar-refractivity contribution in [2.24, 2.45) is 5.41 Å². The average molecular weight is 475 g/mol. The Balaban J connectivity index is 1.77. The van der Waals surface area contributed by atoms with Crippen LogP contribution in [0.25, 0.3) is 0 Å². The van der Waals surface area contributed by atoms with Crippen molar-refractivity contribution in [3.05, 3.63) is 23.8 Å². The van der Waals surface area contributed by atoms with Crippen molar-refractivity contribution in [2.75, 3.05) is 39.3 Å². The molecule has 3 aliphatic carbocycles. The van der Waals surface area contributed by atoms with Crippen LogP contribution in [0.3, 0.4) is 0 Å². The quantitative estimate of drug-likeness (QED) is 0.513. The number of esters is 1. The van der Waals surface area contributed by atoms with Crippen molar-refractivity contribution < 1.29 is 39.1 Å². The van der Waals surface area contributed by atoms with Gasteiger partial charge in [0, 0.05) is 23.4 Å². The highest BCUT2D eigenvalue weighted by atomic mass is 16.6. The van der Waals surface area contributed by atoms with Gasteiger partial charge in [0.25, 0.3) is 0 Å². The van der Waals surface area contributed by atoms with E-state index in [4.69, 9.17) is 14.2 Å². The summed E-state index contributed by atoms with van der Waals surface area (Å²) in [6, 6.07) is 4.90. The van der Waals surface area contributed by atoms with Crippen molar-refractivity contribution >= 4 is 17.7 Å². The molecule has 7 rings (SSSR count). The van der Waals surface area contributed by atoms with Crippen LogP contribution >= 0.6 is 0 Å². The first-order valence-electron chi connectivity index (χ1n) is 11.7. The van der Waals surface area contributed by atoms with Gasteiger partial charge in [-0.2, -0.15) is 0 Å². The number of aliphatic hydroxyl groups excluding tert-OH is 2. The molecular weight excluding hydrogens is 444 g/mol. The molecule has 7 atom stereocenters. The molecule has 1 amide bonds. The van der Waals surface area contributed by atoms with Crippen molar-refractivity contribution in [1.82, 2.24) is 4.90 Å². The molecule has 0 aromatic heterocycles. The standard InChI is InChI=1S/C24H30N2O8/c1-32-13-4-5-15-14(12-13)22-9-11-25-10-6-16(27)21(17(22)25)7-8-23(22,26(15)20(30)34-3)24(31,18(21)28)19(29)33-2/h4-5,12,16-18,27-28,31H,6-11H2,1-3H3/t16-,17+,18+,21-,22-,23+,24-/m1/s1. The molecule has 10 heteroatoms. The smallest absolute Gasteiger partial charge is 0.414 e. The molecule has 184 valence electrons. The fourth-order valence-corrected chi connectivity index (χ4v) is 8.82. The molecule has 0 radical (unpaired) electrons. The summed E-state index contributed by atoms with van der Waals surface area (Å²) in [4.78, 5) is 30.5. The number of methoxy groups -OCH3 is 3. The Hall–Kier alpha value is -2.40. The predicted octanol–water partition coefficient (Wildman–Crippen LogP) is 0.156. The maximum atomic E-state index is 13.5. The van der Waals surface area contributed by atoms with Crippen LogP contribution in [-0.2, 0) is 19.7 Å². The summed E-state index contributed by atoms with van der Waals surface area (Å²) in [6.07, 6.45) is -1.87. The van der Waals surface area contributed by atoms with Gasteiger partial charge in [-0.3, -0.25) is 9.80 Å². The predicted molar refractivity (Wildman–Crippen MR) is 118 cm³/mol. The fourth-order valence-electron chi connectivity index (χ4n) is 8.82. The lowest BCUT2D eigenvalue weighted by Crippen LogP contribution is -2.92. The molecule has 34 heavy (non-hydrogen) atoms. The first kappa shape index (κ1) is 22.1. The van der Waals surface area contributed by atoms with Gasteiger partial charge in [0.15, 0.2) is 0 Å². The molecule has 3 spiro atoms. The number of hydrogen-bond acceptors (Lipinski definition) is 9. The Kier molecular flexibility index (Phi) is 4.31. The van der Waals surface area contributed by atoms with Crippen molar-refractivity contribution in [3.63, 3.8) is 0 Å². The lowest BCUT2D eigenvalue weighted by atomic mass is 9.35. The Morgan fingerprint density at radius 3 is 2.50 bits per heavy atom. The third-order valence-corrected chi connectivity index (χ3v) is 9.80. The first-order chi connectivity index (χ1) is 16.2. The van der Waals surface area contributed by atoms with Gasteiger partial charge in [0.2, 0.25) is 5.60 Å². The average Bonchev–Trinajstić information content (AvgIpc) is 3.38. The van der Waals surface area contributed by atoms with Crippen LogP contribution in [0, 0.1) is 5.41 Å². The molecule has 10 nitrogen and oxygen atoms in total. The molecule has 5 fully saturated rings. The van der Waals surface area contributed by atoms with Crippen LogP contribution in [-0.4, -0.2) is 96.1 Å². The molecule has 6 aliphatic rings. The van der Waals surface area contributed by atoms with Crippen molar-refractivity contribution in [1.29, 1.82) is 0 Å². The van der Waals surface area contributed by atoms with E-state index < -0.39 is 52.3 Å². The third kappa shape index (κ3) is 1.91. The number of ether oxygens (including phenoxy) is 3. The van der Waals surface area contributed by atoms with E-state index >= 15 is 0 Å².